The van der Waals surface area contributed by atoms with Crippen LogP contribution in [0.5, 0.6) is 0 Å². The number of rotatable bonds is 4. The molecule has 0 saturated heterocycles. The third kappa shape index (κ3) is 2.75. The van der Waals surface area contributed by atoms with Crippen molar-refractivity contribution in [3.63, 3.8) is 0 Å². The molecule has 23 heavy (non-hydrogen) atoms. The molecule has 0 bridgehead atoms. The van der Waals surface area contributed by atoms with E-state index >= 15 is 0 Å². The van der Waals surface area contributed by atoms with Crippen molar-refractivity contribution in [1.82, 2.24) is 9.47 Å². The summed E-state index contributed by atoms with van der Waals surface area (Å²) in [4.78, 5) is 14.6. The summed E-state index contributed by atoms with van der Waals surface area (Å²) in [6.07, 6.45) is 1.91. The van der Waals surface area contributed by atoms with Crippen LogP contribution >= 0.6 is 0 Å². The molecule has 3 rings (SSSR count). The largest absolute Gasteiger partial charge is 0.465 e. The molecule has 0 aliphatic carbocycles. The zero-order chi connectivity index (χ0) is 16.6. The number of aromatic nitrogens is 1. The lowest BCUT2D eigenvalue weighted by atomic mass is 10.0. The van der Waals surface area contributed by atoms with E-state index in [-0.39, 0.29) is 5.97 Å². The Kier molecular flexibility index (Phi) is 4.41. The molecule has 2 N–H and O–H groups in total. The van der Waals surface area contributed by atoms with E-state index in [1.807, 2.05) is 13.0 Å². The summed E-state index contributed by atoms with van der Waals surface area (Å²) in [6.45, 7) is 5.49. The van der Waals surface area contributed by atoms with Gasteiger partial charge in [-0.3, -0.25) is 0 Å². The van der Waals surface area contributed by atoms with Gasteiger partial charge in [-0.25, -0.2) is 4.79 Å². The fourth-order valence-corrected chi connectivity index (χ4v) is 3.62. The van der Waals surface area contributed by atoms with E-state index in [4.69, 9.17) is 10.5 Å². The zero-order valence-corrected chi connectivity index (χ0v) is 14.2. The van der Waals surface area contributed by atoms with Crippen molar-refractivity contribution in [1.29, 1.82) is 0 Å². The summed E-state index contributed by atoms with van der Waals surface area (Å²) in [6, 6.07) is 4.13. The van der Waals surface area contributed by atoms with Crippen LogP contribution in [0.1, 0.15) is 33.6 Å². The van der Waals surface area contributed by atoms with Crippen LogP contribution in [0, 0.1) is 6.92 Å². The summed E-state index contributed by atoms with van der Waals surface area (Å²) in [5, 5.41) is 1.18. The van der Waals surface area contributed by atoms with Gasteiger partial charge in [-0.05, 0) is 50.2 Å². The highest BCUT2D eigenvalue weighted by molar-refractivity contribution is 6.05. The van der Waals surface area contributed by atoms with Gasteiger partial charge in [0.2, 0.25) is 0 Å². The number of esters is 1. The van der Waals surface area contributed by atoms with Crippen molar-refractivity contribution < 1.29 is 9.53 Å². The van der Waals surface area contributed by atoms with Crippen LogP contribution in [0.4, 0.5) is 0 Å². The van der Waals surface area contributed by atoms with Crippen LogP contribution < -0.4 is 5.73 Å². The van der Waals surface area contributed by atoms with E-state index < -0.39 is 0 Å². The fraction of sp³-hybridized carbons (Fsp3) is 0.500. The minimum atomic E-state index is -0.268. The van der Waals surface area contributed by atoms with Gasteiger partial charge in [0, 0.05) is 37.1 Å². The lowest BCUT2D eigenvalue weighted by molar-refractivity contribution is 0.0602. The molecule has 1 aromatic heterocycles. The highest BCUT2D eigenvalue weighted by atomic mass is 16.5. The number of likely N-dealkylation sites (N-methyl/N-ethyl adjacent to an activating group) is 1. The monoisotopic (exact) mass is 315 g/mol. The van der Waals surface area contributed by atoms with Crippen molar-refractivity contribution in [3.8, 4) is 0 Å². The Morgan fingerprint density at radius 3 is 2.87 bits per heavy atom. The van der Waals surface area contributed by atoms with Crippen molar-refractivity contribution >= 4 is 16.9 Å². The number of ether oxygens (including phenoxy) is 1. The average molecular weight is 315 g/mol. The lowest BCUT2D eigenvalue weighted by Gasteiger charge is -2.24. The molecule has 0 radical (unpaired) electrons. The van der Waals surface area contributed by atoms with Gasteiger partial charge in [0.1, 0.15) is 0 Å². The number of hydrogen-bond acceptors (Lipinski definition) is 4. The molecule has 0 spiro atoms. The van der Waals surface area contributed by atoms with E-state index in [1.54, 1.807) is 0 Å². The third-order valence-corrected chi connectivity index (χ3v) is 4.67. The van der Waals surface area contributed by atoms with Gasteiger partial charge in [0.15, 0.2) is 0 Å². The molecule has 1 aliphatic rings. The van der Waals surface area contributed by atoms with Gasteiger partial charge in [-0.1, -0.05) is 0 Å². The molecule has 5 nitrogen and oxygen atoms in total. The maximum Gasteiger partial charge on any atom is 0.340 e. The maximum absolute atomic E-state index is 12.3. The first kappa shape index (κ1) is 16.0. The molecule has 0 fully saturated rings. The zero-order valence-electron chi connectivity index (χ0n) is 14.2. The molecule has 0 atom stereocenters. The van der Waals surface area contributed by atoms with E-state index in [2.05, 4.69) is 22.6 Å². The number of carbonyl (C=O) groups is 1. The molecular formula is C18H25N3O2. The number of nitrogens with two attached hydrogens (primary N) is 1. The number of fused-ring (bicyclic) bond motifs is 3. The van der Waals surface area contributed by atoms with Gasteiger partial charge >= 0.3 is 5.97 Å². The van der Waals surface area contributed by atoms with Crippen LogP contribution in [-0.2, 0) is 24.2 Å². The number of methoxy groups -OCH3 is 1. The standard InChI is InChI=1S/C18H25N3O2/c1-12-9-13-15-11-20(2)8-5-16(15)21(7-4-6-19)17(13)14(10-12)18(22)23-3/h9-10H,4-8,11,19H2,1-3H3. The van der Waals surface area contributed by atoms with Gasteiger partial charge in [0.05, 0.1) is 18.2 Å². The normalized spacial score (nSPS) is 15.0. The van der Waals surface area contributed by atoms with Crippen LogP contribution in [0.25, 0.3) is 10.9 Å². The Hall–Kier alpha value is -1.85. The van der Waals surface area contributed by atoms with Crippen LogP contribution in [-0.4, -0.2) is 42.7 Å². The second-order valence-electron chi connectivity index (χ2n) is 6.41. The second kappa shape index (κ2) is 6.34. The van der Waals surface area contributed by atoms with E-state index in [1.165, 1.54) is 23.8 Å². The molecule has 124 valence electrons. The summed E-state index contributed by atoms with van der Waals surface area (Å²) in [5.41, 5.74) is 11.2. The molecule has 0 saturated carbocycles. The van der Waals surface area contributed by atoms with Crippen LogP contribution in [0.2, 0.25) is 0 Å². The second-order valence-corrected chi connectivity index (χ2v) is 6.41. The maximum atomic E-state index is 12.3. The predicted molar refractivity (Wildman–Crippen MR) is 91.7 cm³/mol. The van der Waals surface area contributed by atoms with Crippen molar-refractivity contribution in [3.05, 3.63) is 34.5 Å². The number of nitrogens with zero attached hydrogens (tertiary/aromatic N) is 2. The molecule has 0 amide bonds. The topological polar surface area (TPSA) is 60.5 Å². The first-order valence-electron chi connectivity index (χ1n) is 8.18. The minimum absolute atomic E-state index is 0.268. The Labute approximate surface area is 137 Å². The Balaban J connectivity index is 2.30. The van der Waals surface area contributed by atoms with E-state index in [9.17, 15) is 4.79 Å². The number of hydrogen-bond donors (Lipinski definition) is 1. The Morgan fingerprint density at radius 1 is 1.39 bits per heavy atom. The summed E-state index contributed by atoms with van der Waals surface area (Å²) < 4.78 is 7.33. The molecular weight excluding hydrogens is 290 g/mol. The predicted octanol–water partition coefficient (Wildman–Crippen LogP) is 2.07. The third-order valence-electron chi connectivity index (χ3n) is 4.67. The summed E-state index contributed by atoms with van der Waals surface area (Å²) in [5.74, 6) is -0.268. The average Bonchev–Trinajstić information content (AvgIpc) is 2.84. The molecule has 2 aromatic rings. The first-order valence-corrected chi connectivity index (χ1v) is 8.18. The molecule has 0 unspecified atom stereocenters. The summed E-state index contributed by atoms with van der Waals surface area (Å²) in [7, 11) is 3.58. The number of carbonyl (C=O) groups excluding carboxylic acids is 1. The SMILES string of the molecule is COC(=O)c1cc(C)cc2c3c(n(CCCN)c12)CCN(C)C3. The van der Waals surface area contributed by atoms with Crippen molar-refractivity contribution in [2.75, 3.05) is 27.2 Å². The molecule has 5 heteroatoms. The first-order chi connectivity index (χ1) is 11.1. The summed E-state index contributed by atoms with van der Waals surface area (Å²) >= 11 is 0. The Bertz CT molecular complexity index is 749. The van der Waals surface area contributed by atoms with Gasteiger partial charge < -0.3 is 19.9 Å². The minimum Gasteiger partial charge on any atom is -0.465 e. The molecule has 1 aliphatic heterocycles. The number of aryl methyl sites for hydroxylation is 2. The van der Waals surface area contributed by atoms with Gasteiger partial charge in [0.25, 0.3) is 0 Å². The van der Waals surface area contributed by atoms with Gasteiger partial charge in [-0.2, -0.15) is 0 Å². The Morgan fingerprint density at radius 2 is 2.17 bits per heavy atom. The van der Waals surface area contributed by atoms with Gasteiger partial charge in [-0.15, -0.1) is 0 Å². The van der Waals surface area contributed by atoms with E-state index in [0.717, 1.165) is 43.6 Å². The number of benzene rings is 1. The lowest BCUT2D eigenvalue weighted by Crippen LogP contribution is -2.27. The van der Waals surface area contributed by atoms with Crippen LogP contribution in [0.15, 0.2) is 12.1 Å². The smallest absolute Gasteiger partial charge is 0.340 e. The van der Waals surface area contributed by atoms with Crippen molar-refractivity contribution in [2.45, 2.75) is 32.9 Å². The quantitative estimate of drug-likeness (QED) is 0.878. The molecule has 2 heterocycles. The highest BCUT2D eigenvalue weighted by Gasteiger charge is 2.25. The fourth-order valence-electron chi connectivity index (χ4n) is 3.62. The van der Waals surface area contributed by atoms with E-state index in [0.29, 0.717) is 12.1 Å². The van der Waals surface area contributed by atoms with Crippen LogP contribution in [0.3, 0.4) is 0 Å². The highest BCUT2D eigenvalue weighted by Crippen LogP contribution is 2.34. The van der Waals surface area contributed by atoms with Crippen molar-refractivity contribution in [2.24, 2.45) is 5.73 Å². The molecule has 1 aromatic carbocycles.